The fourth-order valence-electron chi connectivity index (χ4n) is 6.98. The number of nitrogens with zero attached hydrogens (tertiary/aromatic N) is 1. The number of aliphatic hydroxyl groups excluding tert-OH is 4. The van der Waals surface area contributed by atoms with Gasteiger partial charge in [0.25, 0.3) is 5.91 Å². The van der Waals surface area contributed by atoms with Gasteiger partial charge in [-0.25, -0.2) is 4.79 Å². The van der Waals surface area contributed by atoms with Gasteiger partial charge in [-0.2, -0.15) is 0 Å². The summed E-state index contributed by atoms with van der Waals surface area (Å²) in [6, 6.07) is 5.01. The lowest BCUT2D eigenvalue weighted by Crippen LogP contribution is -2.61. The lowest BCUT2D eigenvalue weighted by molar-refractivity contribution is -0.339. The molecule has 13 heteroatoms. The average Bonchev–Trinajstić information content (AvgIpc) is 3.44. The maximum Gasteiger partial charge on any atom is 0.326 e. The first-order chi connectivity index (χ1) is 19.1. The minimum absolute atomic E-state index is 0.0913. The highest BCUT2D eigenvalue weighted by molar-refractivity contribution is 6.09. The zero-order valence-corrected chi connectivity index (χ0v) is 21.2. The smallest absolute Gasteiger partial charge is 0.326 e. The molecule has 6 rings (SSSR count). The molecule has 0 aromatic heterocycles. The summed E-state index contributed by atoms with van der Waals surface area (Å²) in [5.41, 5.74) is 0.127. The van der Waals surface area contributed by atoms with Gasteiger partial charge in [-0.1, -0.05) is 24.3 Å². The molecule has 0 bridgehead atoms. The number of amides is 2. The highest BCUT2D eigenvalue weighted by Gasteiger charge is 2.66. The van der Waals surface area contributed by atoms with Crippen LogP contribution >= 0.6 is 0 Å². The van der Waals surface area contributed by atoms with E-state index in [0.717, 1.165) is 0 Å². The fourth-order valence-corrected chi connectivity index (χ4v) is 6.98. The number of aliphatic carboxylic acids is 1. The van der Waals surface area contributed by atoms with Gasteiger partial charge in [0.15, 0.2) is 6.29 Å². The first kappa shape index (κ1) is 26.9. The Morgan fingerprint density at radius 3 is 2.62 bits per heavy atom. The number of hydrogen-bond acceptors (Lipinski definition) is 10. The Kier molecular flexibility index (Phi) is 6.48. The van der Waals surface area contributed by atoms with Crippen molar-refractivity contribution in [3.63, 3.8) is 0 Å². The van der Waals surface area contributed by atoms with Gasteiger partial charge in [0.05, 0.1) is 29.9 Å². The normalized spacial score (nSPS) is 41.9. The topological polar surface area (TPSA) is 195 Å². The van der Waals surface area contributed by atoms with Gasteiger partial charge in [-0.15, -0.1) is 6.58 Å². The second-order valence-electron chi connectivity index (χ2n) is 10.8. The zero-order chi connectivity index (χ0) is 28.5. The Balaban J connectivity index is 1.34. The van der Waals surface area contributed by atoms with Gasteiger partial charge in [0, 0.05) is 17.5 Å². The molecule has 13 nitrogen and oxygen atoms in total. The number of hydrogen-bond donors (Lipinski definition) is 6. The summed E-state index contributed by atoms with van der Waals surface area (Å²) >= 11 is 0. The molecule has 0 radical (unpaired) electrons. The summed E-state index contributed by atoms with van der Waals surface area (Å²) in [4.78, 5) is 41.0. The predicted octanol–water partition coefficient (Wildman–Crippen LogP) is -1.19. The van der Waals surface area contributed by atoms with E-state index in [1.807, 2.05) is 0 Å². The summed E-state index contributed by atoms with van der Waals surface area (Å²) in [6.07, 6.45) is -5.96. The maximum atomic E-state index is 13.8. The number of nitrogens with one attached hydrogen (secondary N) is 1. The third-order valence-electron chi connectivity index (χ3n) is 8.96. The van der Waals surface area contributed by atoms with Crippen molar-refractivity contribution in [3.8, 4) is 0 Å². The van der Waals surface area contributed by atoms with Crippen molar-refractivity contribution in [2.45, 2.75) is 67.3 Å². The molecule has 0 saturated carbocycles. The molecule has 40 heavy (non-hydrogen) atoms. The SMILES string of the molecule is C=C[C@H]1[C@H](O[C@@H]2O[C@H](CO)[C@@H](O)[C@H](O)[C@H]2O)OC=C2C(=O)N3[C@H](C(=O)O)C[C@@]4(C(=O)Nc5ccccc54)[C@H]3C[C@H]21. The molecule has 1 aromatic rings. The van der Waals surface area contributed by atoms with E-state index in [-0.39, 0.29) is 24.3 Å². The van der Waals surface area contributed by atoms with Crippen molar-refractivity contribution in [2.75, 3.05) is 11.9 Å². The van der Waals surface area contributed by atoms with E-state index in [2.05, 4.69) is 11.9 Å². The summed E-state index contributed by atoms with van der Waals surface area (Å²) in [5.74, 6) is -3.46. The van der Waals surface area contributed by atoms with Crippen molar-refractivity contribution in [1.29, 1.82) is 0 Å². The van der Waals surface area contributed by atoms with Gasteiger partial charge in [-0.05, 0) is 24.5 Å². The first-order valence-electron chi connectivity index (χ1n) is 13.0. The molecule has 5 aliphatic heterocycles. The third-order valence-corrected chi connectivity index (χ3v) is 8.96. The van der Waals surface area contributed by atoms with E-state index in [0.29, 0.717) is 11.3 Å². The van der Waals surface area contributed by atoms with Crippen molar-refractivity contribution < 1.29 is 54.1 Å². The Hall–Kier alpha value is -3.33. The van der Waals surface area contributed by atoms with E-state index in [9.17, 15) is 39.9 Å². The predicted molar refractivity (Wildman–Crippen MR) is 133 cm³/mol. The second kappa shape index (κ2) is 9.65. The third kappa shape index (κ3) is 3.66. The maximum absolute atomic E-state index is 13.8. The number of aliphatic hydroxyl groups is 4. The van der Waals surface area contributed by atoms with Crippen LogP contribution in [0.4, 0.5) is 5.69 Å². The van der Waals surface area contributed by atoms with Crippen molar-refractivity contribution in [3.05, 3.63) is 54.3 Å². The van der Waals surface area contributed by atoms with Gasteiger partial charge in [-0.3, -0.25) is 9.59 Å². The lowest BCUT2D eigenvalue weighted by atomic mass is 9.67. The van der Waals surface area contributed by atoms with Crippen LogP contribution in [0.25, 0.3) is 0 Å². The second-order valence-corrected chi connectivity index (χ2v) is 10.8. The van der Waals surface area contributed by atoms with Gasteiger partial charge in [0.1, 0.15) is 30.5 Å². The Bertz CT molecular complexity index is 1280. The molecule has 1 spiro atoms. The number of carboxylic acids is 1. The Labute approximate surface area is 228 Å². The lowest BCUT2D eigenvalue weighted by Gasteiger charge is -2.47. The molecule has 6 N–H and O–H groups in total. The highest BCUT2D eigenvalue weighted by Crippen LogP contribution is 2.56. The number of rotatable bonds is 5. The molecular formula is C27H30N2O11. The number of carboxylic acid groups (broad SMARTS) is 1. The largest absolute Gasteiger partial charge is 0.480 e. The zero-order valence-electron chi connectivity index (χ0n) is 21.2. The molecule has 5 aliphatic rings. The average molecular weight is 559 g/mol. The van der Waals surface area contributed by atoms with Crippen LogP contribution in [0.5, 0.6) is 0 Å². The van der Waals surface area contributed by atoms with Gasteiger partial charge >= 0.3 is 5.97 Å². The van der Waals surface area contributed by atoms with E-state index in [4.69, 9.17) is 14.2 Å². The quantitative estimate of drug-likeness (QED) is 0.238. The van der Waals surface area contributed by atoms with Crippen LogP contribution in [0.2, 0.25) is 0 Å². The summed E-state index contributed by atoms with van der Waals surface area (Å²) in [5, 5.41) is 53.1. The molecule has 1 aromatic carbocycles. The van der Waals surface area contributed by atoms with E-state index in [1.54, 1.807) is 24.3 Å². The highest BCUT2D eigenvalue weighted by atomic mass is 16.8. The van der Waals surface area contributed by atoms with Crippen LogP contribution < -0.4 is 5.32 Å². The molecule has 214 valence electrons. The molecule has 0 unspecified atom stereocenters. The minimum Gasteiger partial charge on any atom is -0.480 e. The number of benzene rings is 1. The molecule has 11 atom stereocenters. The molecule has 5 heterocycles. The van der Waals surface area contributed by atoms with E-state index < -0.39 is 84.8 Å². The number of anilines is 1. The van der Waals surface area contributed by atoms with Crippen LogP contribution in [0, 0.1) is 11.8 Å². The number of fused-ring (bicyclic) bond motifs is 5. The van der Waals surface area contributed by atoms with Crippen molar-refractivity contribution in [1.82, 2.24) is 4.90 Å². The number of ether oxygens (including phenoxy) is 3. The van der Waals surface area contributed by atoms with Gasteiger partial charge < -0.3 is 50.0 Å². The van der Waals surface area contributed by atoms with Crippen molar-refractivity contribution in [2.24, 2.45) is 11.8 Å². The molecular weight excluding hydrogens is 528 g/mol. The van der Waals surface area contributed by atoms with Crippen LogP contribution in [0.1, 0.15) is 18.4 Å². The van der Waals surface area contributed by atoms with Gasteiger partial charge in [0.2, 0.25) is 12.2 Å². The molecule has 0 aliphatic carbocycles. The summed E-state index contributed by atoms with van der Waals surface area (Å²) in [6.45, 7) is 3.23. The standard InChI is InChI=1S/C27H30N2O11/c1-2-11-12-7-18-27(14-5-3-4-6-15(14)28-26(27)37)8-16(23(35)36)29(18)22(34)13(12)10-38-24(11)40-25-21(33)20(32)19(31)17(9-30)39-25/h2-6,10-12,16-21,24-25,30-33H,1,7-9H2,(H,28,37)(H,35,36)/t11-,12+,16+,17-,18-,19-,20+,21-,24+,25+,27+/m1/s1. The van der Waals surface area contributed by atoms with Crippen LogP contribution in [-0.4, -0.2) is 104 Å². The monoisotopic (exact) mass is 558 g/mol. The number of carbonyl (C=O) groups excluding carboxylic acids is 2. The number of piperidine rings is 1. The Morgan fingerprint density at radius 1 is 1.18 bits per heavy atom. The summed E-state index contributed by atoms with van der Waals surface area (Å²) < 4.78 is 17.0. The minimum atomic E-state index is -1.67. The van der Waals surface area contributed by atoms with Crippen molar-refractivity contribution >= 4 is 23.5 Å². The molecule has 3 saturated heterocycles. The number of carbonyl (C=O) groups is 3. The van der Waals surface area contributed by atoms with Crippen LogP contribution in [0.3, 0.4) is 0 Å². The van der Waals surface area contributed by atoms with Crippen LogP contribution in [-0.2, 0) is 34.0 Å². The fraction of sp³-hybridized carbons (Fsp3) is 0.519. The number of para-hydroxylation sites is 1. The Morgan fingerprint density at radius 2 is 1.93 bits per heavy atom. The summed E-state index contributed by atoms with van der Waals surface area (Å²) in [7, 11) is 0. The first-order valence-corrected chi connectivity index (χ1v) is 13.0. The molecule has 3 fully saturated rings. The molecule has 2 amide bonds. The van der Waals surface area contributed by atoms with Crippen LogP contribution in [0.15, 0.2) is 48.8 Å². The van der Waals surface area contributed by atoms with E-state index in [1.165, 1.54) is 17.2 Å². The van der Waals surface area contributed by atoms with E-state index >= 15 is 0 Å².